The minimum atomic E-state index is -3.93. The molecule has 9 nitrogen and oxygen atoms in total. The second kappa shape index (κ2) is 11.6. The highest BCUT2D eigenvalue weighted by Crippen LogP contribution is 2.45. The van der Waals surface area contributed by atoms with Gasteiger partial charge in [-0.15, -0.1) is 11.3 Å². The van der Waals surface area contributed by atoms with E-state index in [1.807, 2.05) is 24.3 Å². The quantitative estimate of drug-likeness (QED) is 0.332. The molecule has 1 aliphatic heterocycles. The number of hydrogen-bond donors (Lipinski definition) is 2. The molecule has 0 spiro atoms. The summed E-state index contributed by atoms with van der Waals surface area (Å²) in [4.78, 5) is 25.1. The van der Waals surface area contributed by atoms with Crippen LogP contribution >= 0.6 is 22.9 Å². The Morgan fingerprint density at radius 3 is 2.85 bits per heavy atom. The summed E-state index contributed by atoms with van der Waals surface area (Å²) in [5.41, 5.74) is 2.31. The van der Waals surface area contributed by atoms with Crippen molar-refractivity contribution >= 4 is 44.8 Å². The largest absolute Gasteiger partial charge is 0.369 e. The summed E-state index contributed by atoms with van der Waals surface area (Å²) in [5, 5.41) is 11.1. The van der Waals surface area contributed by atoms with E-state index in [9.17, 15) is 13.2 Å². The molecule has 2 fully saturated rings. The lowest BCUT2D eigenvalue weighted by molar-refractivity contribution is 0.104. The van der Waals surface area contributed by atoms with E-state index in [4.69, 9.17) is 20.9 Å². The van der Waals surface area contributed by atoms with Crippen molar-refractivity contribution in [3.63, 3.8) is 0 Å². The van der Waals surface area contributed by atoms with E-state index in [2.05, 4.69) is 38.7 Å². The van der Waals surface area contributed by atoms with Crippen LogP contribution < -0.4 is 10.5 Å². The highest BCUT2D eigenvalue weighted by Gasteiger charge is 2.43. The maximum absolute atomic E-state index is 13.7. The normalized spacial score (nSPS) is 23.8. The van der Waals surface area contributed by atoms with Gasteiger partial charge in [-0.05, 0) is 92.2 Å². The molecular formula is C27H32ClN5O4S2. The van der Waals surface area contributed by atoms with Crippen molar-refractivity contribution < 1.29 is 17.4 Å². The van der Waals surface area contributed by atoms with Crippen molar-refractivity contribution in [3.05, 3.63) is 74.8 Å². The van der Waals surface area contributed by atoms with Crippen LogP contribution in [0.5, 0.6) is 0 Å². The highest BCUT2D eigenvalue weighted by atomic mass is 35.5. The number of carbonyl (C=O) groups excluding carboxylic acids is 1. The van der Waals surface area contributed by atoms with Gasteiger partial charge in [-0.3, -0.25) is 13.9 Å². The third kappa shape index (κ3) is 6.18. The van der Waals surface area contributed by atoms with Gasteiger partial charge in [0.2, 0.25) is 5.78 Å². The van der Waals surface area contributed by atoms with Gasteiger partial charge in [0.15, 0.2) is 0 Å². The number of thiophene rings is 1. The number of nitrogens with two attached hydrogens (primary N) is 1. The Labute approximate surface area is 238 Å². The molecule has 3 aromatic rings. The fourth-order valence-corrected chi connectivity index (χ4v) is 7.49. The number of halogens is 1. The lowest BCUT2D eigenvalue weighted by Crippen LogP contribution is -2.39. The summed E-state index contributed by atoms with van der Waals surface area (Å²) in [5.74, 6) is 0.811. The average molecular weight is 590 g/mol. The molecule has 208 valence electrons. The number of anilines is 1. The molecule has 2 aliphatic rings. The van der Waals surface area contributed by atoms with Crippen LogP contribution in [0.1, 0.15) is 58.5 Å². The lowest BCUT2D eigenvalue weighted by atomic mass is 9.82. The summed E-state index contributed by atoms with van der Waals surface area (Å²) in [6.45, 7) is 1.67. The first kappa shape index (κ1) is 28.1. The number of nitrogens with one attached hydrogen (secondary N) is 1. The molecule has 3 unspecified atom stereocenters. The molecule has 1 saturated carbocycles. The van der Waals surface area contributed by atoms with Gasteiger partial charge in [0.05, 0.1) is 22.6 Å². The summed E-state index contributed by atoms with van der Waals surface area (Å²) in [6.07, 6.45) is 7.58. The fraction of sp³-hybridized carbons (Fsp3) is 0.444. The molecular weight excluding hydrogens is 558 g/mol. The van der Waals surface area contributed by atoms with Crippen molar-refractivity contribution in [3.8, 4) is 0 Å². The van der Waals surface area contributed by atoms with Crippen LogP contribution in [-0.2, 0) is 20.0 Å². The molecule has 39 heavy (non-hydrogen) atoms. The number of nitrogens with zero attached hydrogens (tertiary/aromatic N) is 3. The van der Waals surface area contributed by atoms with Gasteiger partial charge < -0.3 is 5.32 Å². The molecule has 0 bridgehead atoms. The minimum absolute atomic E-state index is 0.0964. The van der Waals surface area contributed by atoms with E-state index >= 15 is 0 Å². The van der Waals surface area contributed by atoms with Crippen LogP contribution in [0.3, 0.4) is 0 Å². The number of benzene rings is 1. The number of rotatable bonds is 10. The molecule has 1 aliphatic carbocycles. The predicted molar refractivity (Wildman–Crippen MR) is 152 cm³/mol. The van der Waals surface area contributed by atoms with Crippen LogP contribution in [0, 0.1) is 11.8 Å². The second-order valence-electron chi connectivity index (χ2n) is 10.4. The SMILES string of the molecule is CN1CCCC1(c1cccc(Cl)c1)c1csc(C(=O)c2cncnc2NCC2CCC(COS(N)(=O)=O)C2)c1. The van der Waals surface area contributed by atoms with Gasteiger partial charge in [0.1, 0.15) is 12.1 Å². The monoisotopic (exact) mass is 589 g/mol. The van der Waals surface area contributed by atoms with Crippen LogP contribution in [0.15, 0.2) is 48.2 Å². The summed E-state index contributed by atoms with van der Waals surface area (Å²) < 4.78 is 26.9. The third-order valence-electron chi connectivity index (χ3n) is 7.92. The molecule has 1 saturated heterocycles. The first-order valence-electron chi connectivity index (χ1n) is 13.0. The summed E-state index contributed by atoms with van der Waals surface area (Å²) in [7, 11) is -1.81. The Morgan fingerprint density at radius 2 is 2.10 bits per heavy atom. The number of carbonyl (C=O) groups is 1. The van der Waals surface area contributed by atoms with Gasteiger partial charge in [-0.1, -0.05) is 23.7 Å². The molecule has 2 aromatic heterocycles. The Hall–Kier alpha value is -2.41. The van der Waals surface area contributed by atoms with E-state index in [1.54, 1.807) is 6.20 Å². The van der Waals surface area contributed by atoms with E-state index in [1.165, 1.54) is 17.7 Å². The molecule has 1 aromatic carbocycles. The number of aromatic nitrogens is 2. The van der Waals surface area contributed by atoms with E-state index in [0.29, 0.717) is 33.7 Å². The van der Waals surface area contributed by atoms with Gasteiger partial charge in [-0.2, -0.15) is 8.42 Å². The van der Waals surface area contributed by atoms with Crippen molar-refractivity contribution in [2.75, 3.05) is 32.1 Å². The Morgan fingerprint density at radius 1 is 1.28 bits per heavy atom. The third-order valence-corrected chi connectivity index (χ3v) is 9.55. The van der Waals surface area contributed by atoms with E-state index < -0.39 is 10.3 Å². The first-order chi connectivity index (χ1) is 18.7. The second-order valence-corrected chi connectivity index (χ2v) is 13.0. The van der Waals surface area contributed by atoms with E-state index in [0.717, 1.165) is 49.8 Å². The van der Waals surface area contributed by atoms with Gasteiger partial charge in [0.25, 0.3) is 0 Å². The summed E-state index contributed by atoms with van der Waals surface area (Å²) >= 11 is 7.80. The van der Waals surface area contributed by atoms with Crippen molar-refractivity contribution in [2.45, 2.75) is 37.6 Å². The smallest absolute Gasteiger partial charge is 0.333 e. The zero-order valence-electron chi connectivity index (χ0n) is 21.7. The molecule has 3 N–H and O–H groups in total. The Bertz CT molecular complexity index is 1450. The molecule has 3 atom stereocenters. The fourth-order valence-electron chi connectivity index (χ4n) is 5.98. The van der Waals surface area contributed by atoms with Crippen LogP contribution in [0.25, 0.3) is 0 Å². The number of ketones is 1. The molecule has 0 amide bonds. The predicted octanol–water partition coefficient (Wildman–Crippen LogP) is 4.44. The Kier molecular flexibility index (Phi) is 8.37. The topological polar surface area (TPSA) is 128 Å². The Balaban J connectivity index is 1.31. The first-order valence-corrected chi connectivity index (χ1v) is 15.7. The van der Waals surface area contributed by atoms with Gasteiger partial charge in [0, 0.05) is 17.8 Å². The van der Waals surface area contributed by atoms with Gasteiger partial charge in [-0.25, -0.2) is 15.1 Å². The minimum Gasteiger partial charge on any atom is -0.369 e. The van der Waals surface area contributed by atoms with Crippen LogP contribution in [0.2, 0.25) is 5.02 Å². The molecule has 0 radical (unpaired) electrons. The van der Waals surface area contributed by atoms with Crippen molar-refractivity contribution in [1.82, 2.24) is 14.9 Å². The van der Waals surface area contributed by atoms with Crippen LogP contribution in [0.4, 0.5) is 5.82 Å². The van der Waals surface area contributed by atoms with Crippen LogP contribution in [-0.4, -0.2) is 55.8 Å². The zero-order chi connectivity index (χ0) is 27.6. The highest BCUT2D eigenvalue weighted by molar-refractivity contribution is 7.84. The standard InChI is InChI=1S/C27H32ClN5O4S2/c1-33-9-3-8-27(33,20-4-2-5-22(28)11-20)21-12-24(38-16-21)25(34)23-14-30-17-32-26(23)31-13-18-6-7-19(10-18)15-37-39(29,35)36/h2,4-5,11-12,14,16-19H,3,6-10,13,15H2,1H3,(H2,29,35,36)(H,30,31,32). The molecule has 12 heteroatoms. The number of likely N-dealkylation sites (tertiary alicyclic amines) is 1. The van der Waals surface area contributed by atoms with E-state index in [-0.39, 0.29) is 23.8 Å². The summed E-state index contributed by atoms with van der Waals surface area (Å²) in [6, 6.07) is 9.98. The zero-order valence-corrected chi connectivity index (χ0v) is 24.1. The number of hydrogen-bond acceptors (Lipinski definition) is 9. The molecule has 5 rings (SSSR count). The van der Waals surface area contributed by atoms with Gasteiger partial charge >= 0.3 is 10.3 Å². The molecule has 3 heterocycles. The maximum Gasteiger partial charge on any atom is 0.333 e. The van der Waals surface area contributed by atoms with Crippen molar-refractivity contribution in [1.29, 1.82) is 0 Å². The maximum atomic E-state index is 13.7. The lowest BCUT2D eigenvalue weighted by Gasteiger charge is -2.36. The van der Waals surface area contributed by atoms with Crippen molar-refractivity contribution in [2.24, 2.45) is 17.0 Å². The average Bonchev–Trinajstić information content (AvgIpc) is 3.66.